The minimum absolute atomic E-state index is 0.516. The van der Waals surface area contributed by atoms with Crippen LogP contribution in [0.15, 0.2) is 47.3 Å². The number of H-pyrrole nitrogens is 1. The van der Waals surface area contributed by atoms with Crippen LogP contribution in [0, 0.1) is 0 Å². The first kappa shape index (κ1) is 11.0. The monoisotopic (exact) mass is 301 g/mol. The molecule has 3 aromatic heterocycles. The maximum Gasteiger partial charge on any atom is 0.217 e. The summed E-state index contributed by atoms with van der Waals surface area (Å²) in [5.74, 6) is 0.625. The fraction of sp³-hybridized carbons (Fsp3) is 0. The Balaban J connectivity index is 2.05. The van der Waals surface area contributed by atoms with Gasteiger partial charge in [0.25, 0.3) is 0 Å². The first-order chi connectivity index (χ1) is 8.83. The van der Waals surface area contributed by atoms with Crippen LogP contribution in [0.4, 0.5) is 0 Å². The molecule has 5 nitrogen and oxygen atoms in total. The molecule has 0 saturated heterocycles. The van der Waals surface area contributed by atoms with Gasteiger partial charge in [-0.3, -0.25) is 10.1 Å². The summed E-state index contributed by atoms with van der Waals surface area (Å²) in [6, 6.07) is 11.4. The van der Waals surface area contributed by atoms with Crippen molar-refractivity contribution in [3.05, 3.63) is 47.3 Å². The third kappa shape index (κ3) is 2.14. The predicted octanol–water partition coefficient (Wildman–Crippen LogP) is 2.69. The van der Waals surface area contributed by atoms with Gasteiger partial charge in [-0.2, -0.15) is 4.98 Å². The molecule has 0 aliphatic heterocycles. The van der Waals surface area contributed by atoms with Crippen molar-refractivity contribution >= 4 is 15.9 Å². The number of rotatable bonds is 2. The van der Waals surface area contributed by atoms with Crippen molar-refractivity contribution in [3.63, 3.8) is 0 Å². The molecular weight excluding hydrogens is 294 g/mol. The number of pyridine rings is 2. The molecule has 0 spiro atoms. The lowest BCUT2D eigenvalue weighted by atomic mass is 10.2. The van der Waals surface area contributed by atoms with E-state index in [1.54, 1.807) is 6.20 Å². The Kier molecular flexibility index (Phi) is 2.85. The summed E-state index contributed by atoms with van der Waals surface area (Å²) in [6.45, 7) is 0. The summed E-state index contributed by atoms with van der Waals surface area (Å²) in [4.78, 5) is 13.0. The highest BCUT2D eigenvalue weighted by Gasteiger charge is 2.07. The number of aromatic amines is 1. The van der Waals surface area contributed by atoms with Crippen LogP contribution in [0.2, 0.25) is 0 Å². The van der Waals surface area contributed by atoms with Gasteiger partial charge < -0.3 is 0 Å². The normalized spacial score (nSPS) is 10.5. The lowest BCUT2D eigenvalue weighted by molar-refractivity contribution is 1.07. The summed E-state index contributed by atoms with van der Waals surface area (Å²) in [7, 11) is 0. The molecule has 0 radical (unpaired) electrons. The molecule has 18 heavy (non-hydrogen) atoms. The van der Waals surface area contributed by atoms with E-state index in [1.165, 1.54) is 0 Å². The summed E-state index contributed by atoms with van der Waals surface area (Å²) < 4.78 is 0.516. The molecule has 3 heterocycles. The minimum Gasteiger partial charge on any atom is -0.257 e. The molecule has 0 amide bonds. The molecule has 0 aliphatic carbocycles. The van der Waals surface area contributed by atoms with Gasteiger partial charge in [0.15, 0.2) is 5.82 Å². The van der Waals surface area contributed by atoms with Gasteiger partial charge in [-0.15, -0.1) is 5.10 Å². The first-order valence-electron chi connectivity index (χ1n) is 5.30. The van der Waals surface area contributed by atoms with E-state index in [1.807, 2.05) is 36.4 Å². The first-order valence-corrected chi connectivity index (χ1v) is 6.09. The van der Waals surface area contributed by atoms with Crippen LogP contribution in [0.3, 0.4) is 0 Å². The second-order valence-corrected chi connectivity index (χ2v) is 4.29. The van der Waals surface area contributed by atoms with E-state index < -0.39 is 0 Å². The van der Waals surface area contributed by atoms with Gasteiger partial charge >= 0.3 is 0 Å². The Morgan fingerprint density at radius 3 is 2.44 bits per heavy atom. The second kappa shape index (κ2) is 4.66. The van der Waals surface area contributed by atoms with Crippen molar-refractivity contribution in [2.45, 2.75) is 0 Å². The van der Waals surface area contributed by atoms with Crippen molar-refractivity contribution in [3.8, 4) is 22.9 Å². The molecule has 88 valence electrons. The van der Waals surface area contributed by atoms with E-state index in [0.29, 0.717) is 10.6 Å². The molecule has 0 saturated carbocycles. The van der Waals surface area contributed by atoms with Crippen LogP contribution in [0.1, 0.15) is 0 Å². The Morgan fingerprint density at radius 1 is 0.889 bits per heavy atom. The third-order valence-corrected chi connectivity index (χ3v) is 2.73. The van der Waals surface area contributed by atoms with Gasteiger partial charge in [0.2, 0.25) is 4.73 Å². The number of nitrogens with one attached hydrogen (secondary N) is 1. The Bertz CT molecular complexity index is 665. The molecule has 0 atom stereocenters. The van der Waals surface area contributed by atoms with Crippen LogP contribution in [0.25, 0.3) is 22.9 Å². The van der Waals surface area contributed by atoms with Crippen molar-refractivity contribution < 1.29 is 0 Å². The molecule has 0 aromatic carbocycles. The maximum absolute atomic E-state index is 4.51. The standard InChI is InChI=1S/C12H8BrN5/c13-12-16-11(17-18-12)10-6-3-5-9(15-10)8-4-1-2-7-14-8/h1-7H,(H,16,17,18). The molecular formula is C12H8BrN5. The minimum atomic E-state index is 0.516. The fourth-order valence-electron chi connectivity index (χ4n) is 1.58. The Labute approximate surface area is 111 Å². The van der Waals surface area contributed by atoms with E-state index in [9.17, 15) is 0 Å². The number of aromatic nitrogens is 5. The maximum atomic E-state index is 4.51. The van der Waals surface area contributed by atoms with Crippen molar-refractivity contribution in [1.29, 1.82) is 0 Å². The molecule has 0 unspecified atom stereocenters. The molecule has 0 aliphatic rings. The Hall–Kier alpha value is -2.08. The van der Waals surface area contributed by atoms with Gasteiger partial charge in [-0.1, -0.05) is 12.1 Å². The third-order valence-electron chi connectivity index (χ3n) is 2.38. The lowest BCUT2D eigenvalue weighted by Crippen LogP contribution is -1.90. The summed E-state index contributed by atoms with van der Waals surface area (Å²) in [5.41, 5.74) is 2.37. The van der Waals surface area contributed by atoms with Gasteiger partial charge in [0, 0.05) is 6.20 Å². The number of hydrogen-bond donors (Lipinski definition) is 1. The molecule has 1 N–H and O–H groups in total. The lowest BCUT2D eigenvalue weighted by Gasteiger charge is -2.01. The quantitative estimate of drug-likeness (QED) is 0.790. The highest BCUT2D eigenvalue weighted by molar-refractivity contribution is 9.10. The van der Waals surface area contributed by atoms with Crippen molar-refractivity contribution in [2.24, 2.45) is 0 Å². The highest BCUT2D eigenvalue weighted by Crippen LogP contribution is 2.19. The smallest absolute Gasteiger partial charge is 0.217 e. The molecule has 3 aromatic rings. The number of hydrogen-bond acceptors (Lipinski definition) is 4. The van der Waals surface area contributed by atoms with Crippen LogP contribution in [-0.2, 0) is 0 Å². The summed E-state index contributed by atoms with van der Waals surface area (Å²) >= 11 is 3.20. The van der Waals surface area contributed by atoms with E-state index in [-0.39, 0.29) is 0 Å². The second-order valence-electron chi connectivity index (χ2n) is 3.58. The van der Waals surface area contributed by atoms with Gasteiger partial charge in [-0.05, 0) is 40.2 Å². The van der Waals surface area contributed by atoms with E-state index >= 15 is 0 Å². The van der Waals surface area contributed by atoms with E-state index in [2.05, 4.69) is 41.1 Å². The zero-order valence-electron chi connectivity index (χ0n) is 9.21. The SMILES string of the molecule is Brc1n[nH]c(-c2cccc(-c3ccccn3)n2)n1. The number of halogens is 1. The van der Waals surface area contributed by atoms with Gasteiger partial charge in [-0.25, -0.2) is 4.98 Å². The topological polar surface area (TPSA) is 67.3 Å². The van der Waals surface area contributed by atoms with Gasteiger partial charge in [0.1, 0.15) is 5.69 Å². The van der Waals surface area contributed by atoms with Gasteiger partial charge in [0.05, 0.1) is 11.4 Å². The highest BCUT2D eigenvalue weighted by atomic mass is 79.9. The van der Waals surface area contributed by atoms with Crippen molar-refractivity contribution in [2.75, 3.05) is 0 Å². The average Bonchev–Trinajstić information content (AvgIpc) is 2.87. The average molecular weight is 302 g/mol. The van der Waals surface area contributed by atoms with Crippen LogP contribution in [-0.4, -0.2) is 25.1 Å². The van der Waals surface area contributed by atoms with Crippen molar-refractivity contribution in [1.82, 2.24) is 25.1 Å². The molecule has 0 fully saturated rings. The molecule has 6 heteroatoms. The predicted molar refractivity (Wildman–Crippen MR) is 70.5 cm³/mol. The van der Waals surface area contributed by atoms with Crippen LogP contribution in [0.5, 0.6) is 0 Å². The number of nitrogens with zero attached hydrogens (tertiary/aromatic N) is 4. The molecule has 0 bridgehead atoms. The zero-order chi connectivity index (χ0) is 12.4. The Morgan fingerprint density at radius 2 is 1.72 bits per heavy atom. The largest absolute Gasteiger partial charge is 0.257 e. The zero-order valence-corrected chi connectivity index (χ0v) is 10.8. The fourth-order valence-corrected chi connectivity index (χ4v) is 1.85. The van der Waals surface area contributed by atoms with Crippen LogP contribution < -0.4 is 0 Å². The van der Waals surface area contributed by atoms with E-state index in [0.717, 1.165) is 17.1 Å². The van der Waals surface area contributed by atoms with E-state index in [4.69, 9.17) is 0 Å². The summed E-state index contributed by atoms with van der Waals surface area (Å²) in [5, 5.41) is 6.73. The summed E-state index contributed by atoms with van der Waals surface area (Å²) in [6.07, 6.45) is 1.74. The molecule has 3 rings (SSSR count). The van der Waals surface area contributed by atoms with Crippen LogP contribution >= 0.6 is 15.9 Å².